The number of benzene rings is 2. The first kappa shape index (κ1) is 27.6. The van der Waals surface area contributed by atoms with Crippen LogP contribution >= 0.6 is 11.8 Å². The fourth-order valence-electron chi connectivity index (χ4n) is 3.48. The zero-order chi connectivity index (χ0) is 25.6. The third kappa shape index (κ3) is 8.01. The molecule has 2 rings (SSSR count). The third-order valence-corrected chi connectivity index (χ3v) is 6.18. The molecule has 8 heteroatoms. The average Bonchev–Trinajstić information content (AvgIpc) is 2.68. The van der Waals surface area contributed by atoms with Crippen molar-refractivity contribution in [2.24, 2.45) is 11.8 Å². The van der Waals surface area contributed by atoms with Crippen molar-refractivity contribution in [3.8, 4) is 0 Å². The second kappa shape index (κ2) is 11.7. The van der Waals surface area contributed by atoms with Crippen molar-refractivity contribution in [1.82, 2.24) is 0 Å². The maximum atomic E-state index is 14.1. The van der Waals surface area contributed by atoms with Crippen LogP contribution in [0.4, 0.5) is 20.2 Å². The van der Waals surface area contributed by atoms with Crippen LogP contribution in [0.15, 0.2) is 41.3 Å². The number of nitrogens with zero attached hydrogens (tertiary/aromatic N) is 1. The number of carboxylic acid groups (broad SMARTS) is 1. The Morgan fingerprint density at radius 3 is 2.18 bits per heavy atom. The molecule has 2 aromatic rings. The minimum atomic E-state index is -1.06. The predicted octanol–water partition coefficient (Wildman–Crippen LogP) is 6.22. The Labute approximate surface area is 204 Å². The Morgan fingerprint density at radius 2 is 1.65 bits per heavy atom. The van der Waals surface area contributed by atoms with E-state index in [1.165, 1.54) is 17.8 Å². The fourth-order valence-corrected chi connectivity index (χ4v) is 4.47. The first-order valence-electron chi connectivity index (χ1n) is 11.3. The number of nitrogens with one attached hydrogen (secondary N) is 1. The van der Waals surface area contributed by atoms with Crippen molar-refractivity contribution in [2.75, 3.05) is 23.3 Å². The Balaban J connectivity index is 2.42. The summed E-state index contributed by atoms with van der Waals surface area (Å²) in [5.74, 6) is -2.12. The molecule has 0 radical (unpaired) electrons. The SMILES string of the molecule is CC(C)CN(CC(C)C)c1ccc(SC(C)(C)C(=O)O)cc1NC(=O)Cc1ccc(F)cc1F. The van der Waals surface area contributed by atoms with E-state index in [0.29, 0.717) is 22.4 Å². The lowest BCUT2D eigenvalue weighted by molar-refractivity contribution is -0.138. The predicted molar refractivity (Wildman–Crippen MR) is 135 cm³/mol. The quantitative estimate of drug-likeness (QED) is 0.365. The van der Waals surface area contributed by atoms with Crippen LogP contribution in [0, 0.1) is 23.5 Å². The lowest BCUT2D eigenvalue weighted by Crippen LogP contribution is -2.32. The van der Waals surface area contributed by atoms with Gasteiger partial charge in [0.1, 0.15) is 16.4 Å². The van der Waals surface area contributed by atoms with Crippen LogP contribution in [0.2, 0.25) is 0 Å². The van der Waals surface area contributed by atoms with E-state index in [1.54, 1.807) is 19.9 Å². The molecule has 0 atom stereocenters. The van der Waals surface area contributed by atoms with Crippen molar-refractivity contribution in [3.63, 3.8) is 0 Å². The molecule has 0 aromatic heterocycles. The van der Waals surface area contributed by atoms with Gasteiger partial charge in [-0.1, -0.05) is 33.8 Å². The molecule has 0 aliphatic carbocycles. The van der Waals surface area contributed by atoms with Gasteiger partial charge in [-0.05, 0) is 55.5 Å². The summed E-state index contributed by atoms with van der Waals surface area (Å²) in [7, 11) is 0. The summed E-state index contributed by atoms with van der Waals surface area (Å²) in [6.07, 6.45) is -0.252. The Hall–Kier alpha value is -2.61. The molecule has 0 unspecified atom stereocenters. The van der Waals surface area contributed by atoms with Gasteiger partial charge in [-0.25, -0.2) is 8.78 Å². The van der Waals surface area contributed by atoms with Gasteiger partial charge in [0, 0.05) is 24.1 Å². The van der Waals surface area contributed by atoms with E-state index < -0.39 is 28.3 Å². The molecule has 1 amide bonds. The monoisotopic (exact) mass is 492 g/mol. The number of halogens is 2. The van der Waals surface area contributed by atoms with Gasteiger partial charge in [-0.2, -0.15) is 0 Å². The van der Waals surface area contributed by atoms with Crippen LogP contribution in [0.25, 0.3) is 0 Å². The zero-order valence-corrected chi connectivity index (χ0v) is 21.4. The lowest BCUT2D eigenvalue weighted by Gasteiger charge is -2.31. The molecule has 0 saturated heterocycles. The number of hydrogen-bond acceptors (Lipinski definition) is 4. The van der Waals surface area contributed by atoms with E-state index in [1.807, 2.05) is 12.1 Å². The topological polar surface area (TPSA) is 69.6 Å². The second-order valence-electron chi connectivity index (χ2n) is 9.75. The van der Waals surface area contributed by atoms with Crippen molar-refractivity contribution >= 4 is 35.0 Å². The largest absolute Gasteiger partial charge is 0.480 e. The van der Waals surface area contributed by atoms with Crippen LogP contribution < -0.4 is 10.2 Å². The summed E-state index contributed by atoms with van der Waals surface area (Å²) < 4.78 is 26.3. The number of hydrogen-bond donors (Lipinski definition) is 2. The summed E-state index contributed by atoms with van der Waals surface area (Å²) in [4.78, 5) is 27.3. The van der Waals surface area contributed by atoms with E-state index in [0.717, 1.165) is 30.9 Å². The van der Waals surface area contributed by atoms with Gasteiger partial charge in [0.25, 0.3) is 0 Å². The molecule has 0 aliphatic rings. The first-order chi connectivity index (χ1) is 15.8. The van der Waals surface area contributed by atoms with E-state index >= 15 is 0 Å². The molecule has 34 heavy (non-hydrogen) atoms. The number of carbonyl (C=O) groups excluding carboxylic acids is 1. The first-order valence-corrected chi connectivity index (χ1v) is 12.1. The fraction of sp³-hybridized carbons (Fsp3) is 0.462. The highest BCUT2D eigenvalue weighted by Gasteiger charge is 2.29. The molecular formula is C26H34F2N2O3S. The summed E-state index contributed by atoms with van der Waals surface area (Å²) in [5.41, 5.74) is 1.44. The van der Waals surface area contributed by atoms with Gasteiger partial charge in [0.05, 0.1) is 17.8 Å². The molecule has 0 saturated carbocycles. The maximum Gasteiger partial charge on any atom is 0.319 e. The summed E-state index contributed by atoms with van der Waals surface area (Å²) >= 11 is 1.18. The van der Waals surface area contributed by atoms with Gasteiger partial charge < -0.3 is 15.3 Å². The standard InChI is InChI=1S/C26H34F2N2O3S/c1-16(2)14-30(15-17(3)4)23-10-9-20(34-26(5,6)25(32)33)13-22(23)29-24(31)11-18-7-8-19(27)12-21(18)28/h7-10,12-13,16-17H,11,14-15H2,1-6H3,(H,29,31)(H,32,33). The minimum Gasteiger partial charge on any atom is -0.480 e. The van der Waals surface area contributed by atoms with Gasteiger partial charge >= 0.3 is 5.97 Å². The zero-order valence-electron chi connectivity index (χ0n) is 20.6. The minimum absolute atomic E-state index is 0.0965. The van der Waals surface area contributed by atoms with Crippen molar-refractivity contribution in [2.45, 2.75) is 57.6 Å². The van der Waals surface area contributed by atoms with Crippen LogP contribution in [0.1, 0.15) is 47.1 Å². The highest BCUT2D eigenvalue weighted by molar-refractivity contribution is 8.01. The molecular weight excluding hydrogens is 458 g/mol. The van der Waals surface area contributed by atoms with Crippen molar-refractivity contribution in [1.29, 1.82) is 0 Å². The average molecular weight is 493 g/mol. The van der Waals surface area contributed by atoms with Crippen LogP contribution in [0.5, 0.6) is 0 Å². The summed E-state index contributed by atoms with van der Waals surface area (Å²) in [6.45, 7) is 13.2. The van der Waals surface area contributed by atoms with Crippen LogP contribution in [-0.4, -0.2) is 34.8 Å². The number of anilines is 2. The summed E-state index contributed by atoms with van der Waals surface area (Å²) in [5, 5.41) is 12.4. The Morgan fingerprint density at radius 1 is 1.03 bits per heavy atom. The molecule has 2 aromatic carbocycles. The van der Waals surface area contributed by atoms with E-state index in [2.05, 4.69) is 37.9 Å². The molecule has 0 aliphatic heterocycles. The molecule has 0 fully saturated rings. The van der Waals surface area contributed by atoms with Crippen LogP contribution in [0.3, 0.4) is 0 Å². The lowest BCUT2D eigenvalue weighted by atomic mass is 10.1. The third-order valence-electron chi connectivity index (χ3n) is 5.01. The van der Waals surface area contributed by atoms with E-state index in [-0.39, 0.29) is 12.0 Å². The van der Waals surface area contributed by atoms with Gasteiger partial charge in [-0.3, -0.25) is 9.59 Å². The molecule has 0 bridgehead atoms. The maximum absolute atomic E-state index is 14.1. The summed E-state index contributed by atoms with van der Waals surface area (Å²) in [6, 6.07) is 8.64. The van der Waals surface area contributed by atoms with Gasteiger partial charge in [0.15, 0.2) is 0 Å². The van der Waals surface area contributed by atoms with E-state index in [4.69, 9.17) is 0 Å². The van der Waals surface area contributed by atoms with Crippen molar-refractivity contribution in [3.05, 3.63) is 53.6 Å². The molecule has 186 valence electrons. The number of carboxylic acids is 1. The number of rotatable bonds is 11. The number of aliphatic carboxylic acids is 1. The molecule has 0 spiro atoms. The Bertz CT molecular complexity index is 1020. The second-order valence-corrected chi connectivity index (χ2v) is 11.4. The smallest absolute Gasteiger partial charge is 0.319 e. The normalized spacial score (nSPS) is 11.7. The number of carbonyl (C=O) groups is 2. The molecule has 0 heterocycles. The highest BCUT2D eigenvalue weighted by Crippen LogP contribution is 2.38. The molecule has 5 nitrogen and oxygen atoms in total. The van der Waals surface area contributed by atoms with E-state index in [9.17, 15) is 23.5 Å². The Kier molecular flexibility index (Phi) is 9.50. The number of thioether (sulfide) groups is 1. The van der Waals surface area contributed by atoms with Gasteiger partial charge in [-0.15, -0.1) is 11.8 Å². The molecule has 2 N–H and O–H groups in total. The van der Waals surface area contributed by atoms with Crippen LogP contribution in [-0.2, 0) is 16.0 Å². The van der Waals surface area contributed by atoms with Gasteiger partial charge in [0.2, 0.25) is 5.91 Å². The number of amides is 1. The van der Waals surface area contributed by atoms with Crippen molar-refractivity contribution < 1.29 is 23.5 Å². The highest BCUT2D eigenvalue weighted by atomic mass is 32.2.